The van der Waals surface area contributed by atoms with Crippen molar-refractivity contribution >= 4 is 5.97 Å². The van der Waals surface area contributed by atoms with Crippen molar-refractivity contribution in [2.75, 3.05) is 6.54 Å². The second kappa shape index (κ2) is 4.49. The highest BCUT2D eigenvalue weighted by atomic mass is 16.4. The van der Waals surface area contributed by atoms with E-state index in [1.54, 1.807) is 6.26 Å². The molecule has 4 nitrogen and oxygen atoms in total. The van der Waals surface area contributed by atoms with Gasteiger partial charge in [-0.25, -0.2) is 0 Å². The second-order valence-electron chi connectivity index (χ2n) is 4.02. The van der Waals surface area contributed by atoms with Crippen LogP contribution in [0.3, 0.4) is 0 Å². The smallest absolute Gasteiger partial charge is 0.320 e. The monoisotopic (exact) mass is 209 g/mol. The number of hydrogen-bond donors (Lipinski definition) is 2. The van der Waals surface area contributed by atoms with Gasteiger partial charge in [-0.1, -0.05) is 0 Å². The summed E-state index contributed by atoms with van der Waals surface area (Å²) in [6, 6.07) is 3.42. The first-order chi connectivity index (χ1) is 7.25. The van der Waals surface area contributed by atoms with E-state index in [4.69, 9.17) is 9.52 Å². The normalized spacial score (nSPS) is 26.4. The van der Waals surface area contributed by atoms with Gasteiger partial charge < -0.3 is 14.8 Å². The molecule has 0 aliphatic carbocycles. The fraction of sp³-hybridized carbons (Fsp3) is 0.545. The van der Waals surface area contributed by atoms with Crippen LogP contribution in [-0.2, 0) is 11.2 Å². The molecule has 1 aliphatic heterocycles. The highest BCUT2D eigenvalue weighted by molar-refractivity contribution is 5.73. The molecule has 2 atom stereocenters. The van der Waals surface area contributed by atoms with E-state index in [0.717, 1.165) is 25.1 Å². The minimum atomic E-state index is -0.751. The number of carbonyl (C=O) groups is 1. The van der Waals surface area contributed by atoms with E-state index in [1.807, 2.05) is 12.1 Å². The van der Waals surface area contributed by atoms with Crippen molar-refractivity contribution in [2.45, 2.75) is 25.3 Å². The summed E-state index contributed by atoms with van der Waals surface area (Å²) in [6.45, 7) is 0.780. The van der Waals surface area contributed by atoms with E-state index < -0.39 is 12.0 Å². The Kier molecular flexibility index (Phi) is 3.06. The van der Waals surface area contributed by atoms with E-state index in [0.29, 0.717) is 12.3 Å². The molecule has 82 valence electrons. The number of piperidine rings is 1. The summed E-state index contributed by atoms with van der Waals surface area (Å²) in [5, 5.41) is 11.9. The number of aliphatic carboxylic acids is 1. The number of rotatable bonds is 3. The highest BCUT2D eigenvalue weighted by Gasteiger charge is 2.26. The summed E-state index contributed by atoms with van der Waals surface area (Å²) < 4.78 is 5.26. The van der Waals surface area contributed by atoms with Crippen LogP contribution in [0.4, 0.5) is 0 Å². The molecule has 1 saturated heterocycles. The first-order valence-corrected chi connectivity index (χ1v) is 5.24. The topological polar surface area (TPSA) is 62.5 Å². The van der Waals surface area contributed by atoms with Crippen molar-refractivity contribution in [1.29, 1.82) is 0 Å². The third kappa shape index (κ3) is 2.59. The number of carboxylic acids is 1. The molecular weight excluding hydrogens is 194 g/mol. The minimum Gasteiger partial charge on any atom is -0.480 e. The summed E-state index contributed by atoms with van der Waals surface area (Å²) in [4.78, 5) is 10.8. The number of hydrogen-bond acceptors (Lipinski definition) is 3. The lowest BCUT2D eigenvalue weighted by Gasteiger charge is -2.27. The first kappa shape index (κ1) is 10.2. The van der Waals surface area contributed by atoms with Gasteiger partial charge in [-0.05, 0) is 37.4 Å². The largest absolute Gasteiger partial charge is 0.480 e. The number of carboxylic acid groups (broad SMARTS) is 1. The van der Waals surface area contributed by atoms with Crippen molar-refractivity contribution < 1.29 is 14.3 Å². The molecule has 1 aliphatic rings. The maximum atomic E-state index is 10.8. The van der Waals surface area contributed by atoms with Crippen molar-refractivity contribution in [2.24, 2.45) is 5.92 Å². The summed E-state index contributed by atoms with van der Waals surface area (Å²) in [6.07, 6.45) is 4.21. The van der Waals surface area contributed by atoms with Gasteiger partial charge in [-0.15, -0.1) is 0 Å². The van der Waals surface area contributed by atoms with Gasteiger partial charge in [0, 0.05) is 6.42 Å². The Balaban J connectivity index is 1.90. The molecule has 0 radical (unpaired) electrons. The van der Waals surface area contributed by atoms with E-state index in [2.05, 4.69) is 5.32 Å². The van der Waals surface area contributed by atoms with Crippen LogP contribution in [0, 0.1) is 5.92 Å². The Labute approximate surface area is 88.3 Å². The maximum absolute atomic E-state index is 10.8. The molecule has 0 amide bonds. The lowest BCUT2D eigenvalue weighted by molar-refractivity contribution is -0.140. The Morgan fingerprint density at radius 3 is 3.20 bits per heavy atom. The van der Waals surface area contributed by atoms with Crippen LogP contribution in [0.1, 0.15) is 18.6 Å². The van der Waals surface area contributed by atoms with Gasteiger partial charge in [0.15, 0.2) is 0 Å². The van der Waals surface area contributed by atoms with Crippen LogP contribution in [-0.4, -0.2) is 23.7 Å². The lowest BCUT2D eigenvalue weighted by Crippen LogP contribution is -2.43. The van der Waals surface area contributed by atoms with E-state index in [-0.39, 0.29) is 0 Å². The molecule has 1 aromatic heterocycles. The van der Waals surface area contributed by atoms with Crippen molar-refractivity contribution in [3.8, 4) is 0 Å². The minimum absolute atomic E-state index is 0.390. The predicted molar refractivity (Wildman–Crippen MR) is 54.6 cm³/mol. The zero-order valence-corrected chi connectivity index (χ0v) is 8.48. The third-order valence-corrected chi connectivity index (χ3v) is 2.88. The molecule has 4 heteroatoms. The van der Waals surface area contributed by atoms with Gasteiger partial charge in [-0.2, -0.15) is 0 Å². The van der Waals surface area contributed by atoms with E-state index in [1.165, 1.54) is 0 Å². The zero-order valence-electron chi connectivity index (χ0n) is 8.48. The molecule has 0 spiro atoms. The van der Waals surface area contributed by atoms with Crippen LogP contribution >= 0.6 is 0 Å². The third-order valence-electron chi connectivity index (χ3n) is 2.88. The van der Waals surface area contributed by atoms with Gasteiger partial charge in [-0.3, -0.25) is 4.79 Å². The Bertz CT molecular complexity index is 321. The predicted octanol–water partition coefficient (Wildman–Crippen LogP) is 1.27. The van der Waals surface area contributed by atoms with Crippen molar-refractivity contribution in [3.63, 3.8) is 0 Å². The summed E-state index contributed by atoms with van der Waals surface area (Å²) in [5.74, 6) is 0.615. The van der Waals surface area contributed by atoms with E-state index in [9.17, 15) is 4.79 Å². The average molecular weight is 209 g/mol. The van der Waals surface area contributed by atoms with Gasteiger partial charge >= 0.3 is 5.97 Å². The molecule has 2 rings (SSSR count). The van der Waals surface area contributed by atoms with Gasteiger partial charge in [0.05, 0.1) is 6.26 Å². The fourth-order valence-corrected chi connectivity index (χ4v) is 2.08. The Hall–Kier alpha value is -1.29. The van der Waals surface area contributed by atoms with E-state index >= 15 is 0 Å². The molecule has 0 aromatic carbocycles. The molecule has 0 bridgehead atoms. The average Bonchev–Trinajstić information content (AvgIpc) is 2.71. The molecule has 0 saturated carbocycles. The van der Waals surface area contributed by atoms with Crippen LogP contribution in [0.5, 0.6) is 0 Å². The molecular formula is C11H15NO3. The number of furan rings is 1. The fourth-order valence-electron chi connectivity index (χ4n) is 2.08. The number of nitrogens with one attached hydrogen (secondary N) is 1. The van der Waals surface area contributed by atoms with Gasteiger partial charge in [0.2, 0.25) is 0 Å². The van der Waals surface area contributed by atoms with Crippen LogP contribution in [0.25, 0.3) is 0 Å². The molecule has 15 heavy (non-hydrogen) atoms. The standard InChI is InChI=1S/C11H15NO3/c13-11(14)10-7-8(3-4-12-10)6-9-2-1-5-15-9/h1-2,5,8,10,12H,3-4,6-7H2,(H,13,14). The SMILES string of the molecule is O=C(O)C1CC(Cc2ccco2)CCN1. The van der Waals surface area contributed by atoms with Gasteiger partial charge in [0.25, 0.3) is 0 Å². The first-order valence-electron chi connectivity index (χ1n) is 5.24. The Morgan fingerprint density at radius 1 is 1.67 bits per heavy atom. The second-order valence-corrected chi connectivity index (χ2v) is 4.02. The van der Waals surface area contributed by atoms with Crippen LogP contribution in [0.2, 0.25) is 0 Å². The van der Waals surface area contributed by atoms with Gasteiger partial charge in [0.1, 0.15) is 11.8 Å². The summed E-state index contributed by atoms with van der Waals surface area (Å²) in [5.41, 5.74) is 0. The van der Waals surface area contributed by atoms with Crippen LogP contribution in [0.15, 0.2) is 22.8 Å². The highest BCUT2D eigenvalue weighted by Crippen LogP contribution is 2.21. The molecule has 2 unspecified atom stereocenters. The Morgan fingerprint density at radius 2 is 2.53 bits per heavy atom. The maximum Gasteiger partial charge on any atom is 0.320 e. The zero-order chi connectivity index (χ0) is 10.7. The van der Waals surface area contributed by atoms with Crippen molar-refractivity contribution in [3.05, 3.63) is 24.2 Å². The molecule has 2 heterocycles. The van der Waals surface area contributed by atoms with Crippen molar-refractivity contribution in [1.82, 2.24) is 5.32 Å². The summed E-state index contributed by atoms with van der Waals surface area (Å²) in [7, 11) is 0. The quantitative estimate of drug-likeness (QED) is 0.787. The summed E-state index contributed by atoms with van der Waals surface area (Å²) >= 11 is 0. The molecule has 2 N–H and O–H groups in total. The lowest BCUT2D eigenvalue weighted by atomic mass is 9.89. The molecule has 1 fully saturated rings. The van der Waals surface area contributed by atoms with Crippen LogP contribution < -0.4 is 5.32 Å². The molecule has 1 aromatic rings.